The first kappa shape index (κ1) is 21.3. The summed E-state index contributed by atoms with van der Waals surface area (Å²) in [6.07, 6.45) is 0.163. The quantitative estimate of drug-likeness (QED) is 0.593. The van der Waals surface area contributed by atoms with Crippen LogP contribution in [0.3, 0.4) is 0 Å². The predicted molar refractivity (Wildman–Crippen MR) is 108 cm³/mol. The number of nitrogens with one attached hydrogen (secondary N) is 2. The highest BCUT2D eigenvalue weighted by Gasteiger charge is 2.33. The topological polar surface area (TPSA) is 104 Å². The van der Waals surface area contributed by atoms with E-state index < -0.39 is 18.1 Å². The third kappa shape index (κ3) is 4.65. The van der Waals surface area contributed by atoms with Gasteiger partial charge in [0.1, 0.15) is 6.04 Å². The fourth-order valence-electron chi connectivity index (χ4n) is 2.99. The Morgan fingerprint density at radius 2 is 1.89 bits per heavy atom. The number of benzene rings is 2. The van der Waals surface area contributed by atoms with Crippen molar-refractivity contribution in [2.24, 2.45) is 5.73 Å². The van der Waals surface area contributed by atoms with Gasteiger partial charge in [0.15, 0.2) is 0 Å². The highest BCUT2D eigenvalue weighted by Crippen LogP contribution is 2.40. The van der Waals surface area contributed by atoms with Crippen molar-refractivity contribution in [1.29, 1.82) is 0 Å². The first-order chi connectivity index (χ1) is 12.4. The van der Waals surface area contributed by atoms with E-state index in [9.17, 15) is 14.7 Å². The van der Waals surface area contributed by atoms with Crippen molar-refractivity contribution in [3.8, 4) is 0 Å². The van der Waals surface area contributed by atoms with E-state index >= 15 is 0 Å². The zero-order chi connectivity index (χ0) is 18.8. The largest absolute Gasteiger partial charge is 0.480 e. The lowest BCUT2D eigenvalue weighted by Gasteiger charge is -2.32. The van der Waals surface area contributed by atoms with Crippen molar-refractivity contribution in [3.63, 3.8) is 0 Å². The second-order valence-electron chi connectivity index (χ2n) is 6.05. The smallest absolute Gasteiger partial charge is 0.326 e. The van der Waals surface area contributed by atoms with Gasteiger partial charge in [0.05, 0.1) is 6.04 Å². The lowest BCUT2D eigenvalue weighted by Crippen LogP contribution is -2.41. The summed E-state index contributed by atoms with van der Waals surface area (Å²) in [6.45, 7) is 0.389. The van der Waals surface area contributed by atoms with Crippen LogP contribution in [0.2, 0.25) is 10.0 Å². The standard InChI is InChI=1S/C18H17Cl2N3O3.ClH/c19-11-5-12(20)16-13(6-11)22-15(18(25)26)7-14(16)23-17(24)10-3-1-9(8-21)2-4-10;/h1-6,14-15,22H,7-8,21H2,(H,23,24)(H,25,26);1H. The van der Waals surface area contributed by atoms with Crippen molar-refractivity contribution in [1.82, 2.24) is 5.32 Å². The maximum Gasteiger partial charge on any atom is 0.326 e. The Morgan fingerprint density at radius 1 is 1.22 bits per heavy atom. The van der Waals surface area contributed by atoms with Gasteiger partial charge in [-0.1, -0.05) is 35.3 Å². The molecule has 144 valence electrons. The van der Waals surface area contributed by atoms with E-state index in [1.54, 1.807) is 36.4 Å². The van der Waals surface area contributed by atoms with Gasteiger partial charge in [-0.2, -0.15) is 0 Å². The molecular formula is C18H18Cl3N3O3. The molecular weight excluding hydrogens is 413 g/mol. The molecule has 1 heterocycles. The summed E-state index contributed by atoms with van der Waals surface area (Å²) in [6, 6.07) is 8.67. The van der Waals surface area contributed by atoms with Crippen LogP contribution < -0.4 is 16.4 Å². The number of amides is 1. The van der Waals surface area contributed by atoms with E-state index in [1.807, 2.05) is 0 Å². The fraction of sp³-hybridized carbons (Fsp3) is 0.222. The summed E-state index contributed by atoms with van der Waals surface area (Å²) < 4.78 is 0. The summed E-state index contributed by atoms with van der Waals surface area (Å²) in [5.74, 6) is -1.33. The third-order valence-corrected chi connectivity index (χ3v) is 4.83. The molecule has 0 saturated carbocycles. The lowest BCUT2D eigenvalue weighted by atomic mass is 9.92. The number of hydrogen-bond acceptors (Lipinski definition) is 4. The second kappa shape index (κ2) is 8.80. The molecule has 0 saturated heterocycles. The molecule has 9 heteroatoms. The average Bonchev–Trinajstić information content (AvgIpc) is 2.60. The minimum absolute atomic E-state index is 0. The Balaban J connectivity index is 0.00000261. The molecule has 2 unspecified atom stereocenters. The van der Waals surface area contributed by atoms with Crippen molar-refractivity contribution >= 4 is 53.2 Å². The maximum atomic E-state index is 12.6. The summed E-state index contributed by atoms with van der Waals surface area (Å²) >= 11 is 12.3. The molecule has 0 spiro atoms. The Labute approximate surface area is 172 Å². The van der Waals surface area contributed by atoms with Gasteiger partial charge in [-0.05, 0) is 29.8 Å². The molecule has 1 amide bonds. The van der Waals surface area contributed by atoms with Crippen LogP contribution in [-0.4, -0.2) is 23.0 Å². The number of anilines is 1. The summed E-state index contributed by atoms with van der Waals surface area (Å²) in [7, 11) is 0. The predicted octanol–water partition coefficient (Wildman–Crippen LogP) is 3.61. The molecule has 1 aliphatic rings. The summed E-state index contributed by atoms with van der Waals surface area (Å²) in [5, 5.41) is 15.9. The van der Waals surface area contributed by atoms with Gasteiger partial charge in [-0.15, -0.1) is 12.4 Å². The van der Waals surface area contributed by atoms with E-state index in [0.29, 0.717) is 33.4 Å². The third-order valence-electron chi connectivity index (χ3n) is 4.30. The van der Waals surface area contributed by atoms with Crippen LogP contribution in [0.15, 0.2) is 36.4 Å². The molecule has 0 aromatic heterocycles. The van der Waals surface area contributed by atoms with Crippen molar-refractivity contribution in [2.75, 3.05) is 5.32 Å². The molecule has 2 atom stereocenters. The van der Waals surface area contributed by atoms with E-state index in [0.717, 1.165) is 5.56 Å². The van der Waals surface area contributed by atoms with Crippen LogP contribution in [0.25, 0.3) is 0 Å². The first-order valence-corrected chi connectivity index (χ1v) is 8.72. The van der Waals surface area contributed by atoms with Gasteiger partial charge in [-0.25, -0.2) is 4.79 Å². The molecule has 27 heavy (non-hydrogen) atoms. The van der Waals surface area contributed by atoms with Gasteiger partial charge >= 0.3 is 5.97 Å². The number of carbonyl (C=O) groups excluding carboxylic acids is 1. The number of carbonyl (C=O) groups is 2. The molecule has 1 aliphatic heterocycles. The number of halogens is 3. The van der Waals surface area contributed by atoms with Crippen molar-refractivity contribution in [3.05, 3.63) is 63.1 Å². The second-order valence-corrected chi connectivity index (χ2v) is 6.89. The highest BCUT2D eigenvalue weighted by molar-refractivity contribution is 6.35. The summed E-state index contributed by atoms with van der Waals surface area (Å²) in [5.41, 5.74) is 8.06. The van der Waals surface area contributed by atoms with Gasteiger partial charge in [-0.3, -0.25) is 4.79 Å². The number of carboxylic acid groups (broad SMARTS) is 1. The zero-order valence-electron chi connectivity index (χ0n) is 14.0. The Hall–Kier alpha value is -1.99. The highest BCUT2D eigenvalue weighted by atomic mass is 35.5. The number of nitrogens with two attached hydrogens (primary N) is 1. The Morgan fingerprint density at radius 3 is 2.48 bits per heavy atom. The fourth-order valence-corrected chi connectivity index (χ4v) is 3.61. The van der Waals surface area contributed by atoms with Gasteiger partial charge in [0, 0.05) is 39.8 Å². The van der Waals surface area contributed by atoms with E-state index in [4.69, 9.17) is 28.9 Å². The Kier molecular flexibility index (Phi) is 6.95. The number of rotatable bonds is 4. The number of fused-ring (bicyclic) bond motifs is 1. The van der Waals surface area contributed by atoms with Gasteiger partial charge < -0.3 is 21.5 Å². The van der Waals surface area contributed by atoms with Gasteiger partial charge in [0.25, 0.3) is 5.91 Å². The number of aliphatic carboxylic acids is 1. The number of hydrogen-bond donors (Lipinski definition) is 4. The molecule has 0 radical (unpaired) electrons. The molecule has 6 nitrogen and oxygen atoms in total. The van der Waals surface area contributed by atoms with Crippen LogP contribution in [-0.2, 0) is 11.3 Å². The molecule has 5 N–H and O–H groups in total. The van der Waals surface area contributed by atoms with E-state index in [-0.39, 0.29) is 24.7 Å². The molecule has 0 aliphatic carbocycles. The minimum atomic E-state index is -1.02. The minimum Gasteiger partial charge on any atom is -0.480 e. The van der Waals surface area contributed by atoms with Gasteiger partial charge in [0.2, 0.25) is 0 Å². The SMILES string of the molecule is Cl.NCc1ccc(C(=O)NC2CC(C(=O)O)Nc3cc(Cl)cc(Cl)c32)cc1. The first-order valence-electron chi connectivity index (χ1n) is 7.97. The molecule has 0 bridgehead atoms. The van der Waals surface area contributed by atoms with Crippen LogP contribution in [0.4, 0.5) is 5.69 Å². The van der Waals surface area contributed by atoms with Crippen LogP contribution >= 0.6 is 35.6 Å². The molecule has 0 fully saturated rings. The van der Waals surface area contributed by atoms with Crippen LogP contribution in [0.5, 0.6) is 0 Å². The molecule has 2 aromatic carbocycles. The molecule has 3 rings (SSSR count). The van der Waals surface area contributed by atoms with Crippen molar-refractivity contribution < 1.29 is 14.7 Å². The zero-order valence-corrected chi connectivity index (χ0v) is 16.4. The molecule has 2 aromatic rings. The maximum absolute atomic E-state index is 12.6. The van der Waals surface area contributed by atoms with E-state index in [1.165, 1.54) is 0 Å². The van der Waals surface area contributed by atoms with Crippen LogP contribution in [0.1, 0.15) is 33.9 Å². The normalized spacial score (nSPS) is 17.9. The lowest BCUT2D eigenvalue weighted by molar-refractivity contribution is -0.138. The number of carboxylic acids is 1. The monoisotopic (exact) mass is 429 g/mol. The van der Waals surface area contributed by atoms with Crippen molar-refractivity contribution in [2.45, 2.75) is 25.0 Å². The van der Waals surface area contributed by atoms with E-state index in [2.05, 4.69) is 10.6 Å². The average molecular weight is 431 g/mol. The van der Waals surface area contributed by atoms with Crippen LogP contribution in [0, 0.1) is 0 Å². The Bertz CT molecular complexity index is 859. The summed E-state index contributed by atoms with van der Waals surface area (Å²) in [4.78, 5) is 24.1.